The van der Waals surface area contributed by atoms with Gasteiger partial charge in [0.1, 0.15) is 5.75 Å². The van der Waals surface area contributed by atoms with Gasteiger partial charge in [0, 0.05) is 6.42 Å². The second-order valence-electron chi connectivity index (χ2n) is 3.53. The molecule has 0 aliphatic rings. The third kappa shape index (κ3) is 3.28. The molecule has 2 heteroatoms. The highest BCUT2D eigenvalue weighted by atomic mass is 35.5. The van der Waals surface area contributed by atoms with Crippen LogP contribution in [0, 0.1) is 0 Å². The number of benzene rings is 2. The Balaban J connectivity index is 1.92. The summed E-state index contributed by atoms with van der Waals surface area (Å²) >= 11 is 6.13. The molecule has 1 atom stereocenters. The molecule has 0 spiro atoms. The molecule has 0 amide bonds. The Labute approximate surface area is 101 Å². The van der Waals surface area contributed by atoms with Gasteiger partial charge < -0.3 is 4.74 Å². The predicted molar refractivity (Wildman–Crippen MR) is 66.9 cm³/mol. The summed E-state index contributed by atoms with van der Waals surface area (Å²) < 4.78 is 5.58. The van der Waals surface area contributed by atoms with Crippen LogP contribution < -0.4 is 4.74 Å². The van der Waals surface area contributed by atoms with Gasteiger partial charge in [0.05, 0.1) is 0 Å². The Morgan fingerprint density at radius 3 is 2.06 bits per heavy atom. The van der Waals surface area contributed by atoms with Gasteiger partial charge >= 0.3 is 0 Å². The van der Waals surface area contributed by atoms with Gasteiger partial charge in [0.15, 0.2) is 5.56 Å². The van der Waals surface area contributed by atoms with E-state index < -0.39 is 0 Å². The van der Waals surface area contributed by atoms with Gasteiger partial charge in [-0.15, -0.1) is 0 Å². The zero-order valence-corrected chi connectivity index (χ0v) is 9.60. The summed E-state index contributed by atoms with van der Waals surface area (Å²) in [6.45, 7) is 0. The van der Waals surface area contributed by atoms with Crippen LogP contribution in [0.3, 0.4) is 0 Å². The molecular weight excluding hydrogens is 220 g/mol. The maximum atomic E-state index is 6.13. The summed E-state index contributed by atoms with van der Waals surface area (Å²) in [5, 5.41) is 0. The van der Waals surface area contributed by atoms with E-state index in [4.69, 9.17) is 16.3 Å². The molecule has 0 fully saturated rings. The molecule has 1 nitrogen and oxygen atoms in total. The highest BCUT2D eigenvalue weighted by molar-refractivity contribution is 6.20. The Bertz CT molecular complexity index is 372. The van der Waals surface area contributed by atoms with Crippen LogP contribution in [0.1, 0.15) is 5.56 Å². The molecule has 0 aromatic heterocycles. The van der Waals surface area contributed by atoms with Crippen molar-refractivity contribution >= 4 is 11.6 Å². The molecule has 0 radical (unpaired) electrons. The molecule has 0 N–H and O–H groups in total. The number of rotatable bonds is 4. The van der Waals surface area contributed by atoms with Crippen LogP contribution in [0.5, 0.6) is 5.75 Å². The topological polar surface area (TPSA) is 9.23 Å². The maximum absolute atomic E-state index is 6.13. The minimum Gasteiger partial charge on any atom is -0.474 e. The third-order valence-electron chi connectivity index (χ3n) is 2.25. The largest absolute Gasteiger partial charge is 0.474 e. The highest BCUT2D eigenvalue weighted by Crippen LogP contribution is 2.15. The normalized spacial score (nSPS) is 12.1. The molecule has 0 saturated carbocycles. The van der Waals surface area contributed by atoms with Gasteiger partial charge in [0.2, 0.25) is 0 Å². The van der Waals surface area contributed by atoms with Crippen molar-refractivity contribution in [2.24, 2.45) is 0 Å². The van der Waals surface area contributed by atoms with E-state index in [1.807, 2.05) is 60.7 Å². The van der Waals surface area contributed by atoms with Crippen LogP contribution in [0.4, 0.5) is 0 Å². The van der Waals surface area contributed by atoms with Crippen molar-refractivity contribution in [3.8, 4) is 5.75 Å². The lowest BCUT2D eigenvalue weighted by atomic mass is 10.2. The molecule has 2 aromatic rings. The Morgan fingerprint density at radius 1 is 0.875 bits per heavy atom. The van der Waals surface area contributed by atoms with Gasteiger partial charge in [-0.25, -0.2) is 0 Å². The molecule has 16 heavy (non-hydrogen) atoms. The number of hydrogen-bond acceptors (Lipinski definition) is 1. The number of ether oxygens (including phenoxy) is 1. The molecule has 2 rings (SSSR count). The summed E-state index contributed by atoms with van der Waals surface area (Å²) in [5.41, 5.74) is 0.850. The summed E-state index contributed by atoms with van der Waals surface area (Å²) in [6.07, 6.45) is 0.706. The zero-order chi connectivity index (χ0) is 11.2. The lowest BCUT2D eigenvalue weighted by Crippen LogP contribution is -2.11. The second-order valence-corrected chi connectivity index (χ2v) is 4.02. The monoisotopic (exact) mass is 232 g/mol. The SMILES string of the molecule is ClC(Cc1ccccc1)Oc1ccccc1. The summed E-state index contributed by atoms with van der Waals surface area (Å²) in [5.74, 6) is 0.804. The van der Waals surface area contributed by atoms with E-state index in [0.29, 0.717) is 6.42 Å². The fourth-order valence-electron chi connectivity index (χ4n) is 1.49. The van der Waals surface area contributed by atoms with Crippen molar-refractivity contribution in [2.45, 2.75) is 12.0 Å². The fraction of sp³-hybridized carbons (Fsp3) is 0.143. The number of para-hydroxylation sites is 1. The van der Waals surface area contributed by atoms with Gasteiger partial charge in [-0.3, -0.25) is 0 Å². The molecule has 82 valence electrons. The quantitative estimate of drug-likeness (QED) is 0.727. The van der Waals surface area contributed by atoms with Crippen LogP contribution in [-0.4, -0.2) is 5.56 Å². The number of halogens is 1. The minimum atomic E-state index is -0.329. The van der Waals surface area contributed by atoms with Gasteiger partial charge in [-0.1, -0.05) is 60.1 Å². The van der Waals surface area contributed by atoms with Gasteiger partial charge in [-0.2, -0.15) is 0 Å². The van der Waals surface area contributed by atoms with E-state index in [1.165, 1.54) is 5.56 Å². The Kier molecular flexibility index (Phi) is 3.84. The lowest BCUT2D eigenvalue weighted by molar-refractivity contribution is 0.282. The molecule has 2 aromatic carbocycles. The molecule has 0 saturated heterocycles. The number of hydrogen-bond donors (Lipinski definition) is 0. The van der Waals surface area contributed by atoms with E-state index >= 15 is 0 Å². The molecule has 0 aliphatic carbocycles. The molecule has 0 heterocycles. The second kappa shape index (κ2) is 5.57. The van der Waals surface area contributed by atoms with E-state index in [0.717, 1.165) is 5.75 Å². The van der Waals surface area contributed by atoms with Crippen molar-refractivity contribution in [2.75, 3.05) is 0 Å². The standard InChI is InChI=1S/C14H13ClO/c15-14(11-12-7-3-1-4-8-12)16-13-9-5-2-6-10-13/h1-10,14H,11H2. The van der Waals surface area contributed by atoms with Crippen molar-refractivity contribution in [3.63, 3.8) is 0 Å². The van der Waals surface area contributed by atoms with E-state index in [1.54, 1.807) is 0 Å². The summed E-state index contributed by atoms with van der Waals surface area (Å²) in [6, 6.07) is 19.7. The first-order chi connectivity index (χ1) is 7.84. The lowest BCUT2D eigenvalue weighted by Gasteiger charge is -2.12. The average Bonchev–Trinajstić information content (AvgIpc) is 2.31. The summed E-state index contributed by atoms with van der Waals surface area (Å²) in [4.78, 5) is 0. The first-order valence-electron chi connectivity index (χ1n) is 5.24. The van der Waals surface area contributed by atoms with Crippen molar-refractivity contribution in [1.29, 1.82) is 0 Å². The Hall–Kier alpha value is -1.47. The third-order valence-corrected chi connectivity index (χ3v) is 2.49. The van der Waals surface area contributed by atoms with Gasteiger partial charge in [0.25, 0.3) is 0 Å². The smallest absolute Gasteiger partial charge is 0.176 e. The minimum absolute atomic E-state index is 0.329. The molecule has 0 bridgehead atoms. The van der Waals surface area contributed by atoms with E-state index in [2.05, 4.69) is 0 Å². The van der Waals surface area contributed by atoms with Crippen molar-refractivity contribution < 1.29 is 4.74 Å². The maximum Gasteiger partial charge on any atom is 0.176 e. The van der Waals surface area contributed by atoms with Crippen LogP contribution in [-0.2, 0) is 6.42 Å². The molecular formula is C14H13ClO. The first-order valence-corrected chi connectivity index (χ1v) is 5.68. The van der Waals surface area contributed by atoms with E-state index in [9.17, 15) is 0 Å². The van der Waals surface area contributed by atoms with Crippen molar-refractivity contribution in [3.05, 3.63) is 66.2 Å². The summed E-state index contributed by atoms with van der Waals surface area (Å²) in [7, 11) is 0. The van der Waals surface area contributed by atoms with Crippen molar-refractivity contribution in [1.82, 2.24) is 0 Å². The number of alkyl halides is 1. The van der Waals surface area contributed by atoms with Crippen LogP contribution >= 0.6 is 11.6 Å². The molecule has 1 unspecified atom stereocenters. The zero-order valence-electron chi connectivity index (χ0n) is 8.84. The average molecular weight is 233 g/mol. The van der Waals surface area contributed by atoms with Crippen LogP contribution in [0.2, 0.25) is 0 Å². The van der Waals surface area contributed by atoms with Crippen LogP contribution in [0.15, 0.2) is 60.7 Å². The highest BCUT2D eigenvalue weighted by Gasteiger charge is 2.06. The van der Waals surface area contributed by atoms with Crippen LogP contribution in [0.25, 0.3) is 0 Å². The fourth-order valence-corrected chi connectivity index (χ4v) is 1.77. The van der Waals surface area contributed by atoms with E-state index in [-0.39, 0.29) is 5.56 Å². The Morgan fingerprint density at radius 2 is 1.44 bits per heavy atom. The predicted octanol–water partition coefficient (Wildman–Crippen LogP) is 3.87. The van der Waals surface area contributed by atoms with Gasteiger partial charge in [-0.05, 0) is 17.7 Å². The molecule has 0 aliphatic heterocycles. The first kappa shape index (κ1) is 11.0.